The molecule has 0 spiro atoms. The van der Waals surface area contributed by atoms with Gasteiger partial charge in [-0.3, -0.25) is 14.4 Å². The van der Waals surface area contributed by atoms with Crippen molar-refractivity contribution in [3.8, 4) is 0 Å². The van der Waals surface area contributed by atoms with E-state index < -0.39 is 0 Å². The lowest BCUT2D eigenvalue weighted by Gasteiger charge is -2.24. The van der Waals surface area contributed by atoms with Crippen molar-refractivity contribution in [2.24, 2.45) is 13.0 Å². The van der Waals surface area contributed by atoms with Crippen LogP contribution in [0.15, 0.2) is 25.0 Å². The Morgan fingerprint density at radius 3 is 3.04 bits per heavy atom. The highest BCUT2D eigenvalue weighted by atomic mass is 32.1. The lowest BCUT2D eigenvalue weighted by molar-refractivity contribution is -0.122. The van der Waals surface area contributed by atoms with Crippen LogP contribution in [0.5, 0.6) is 0 Å². The molecule has 1 saturated heterocycles. The summed E-state index contributed by atoms with van der Waals surface area (Å²) in [4.78, 5) is 21.4. The molecule has 0 bridgehead atoms. The van der Waals surface area contributed by atoms with Crippen LogP contribution in [0.1, 0.15) is 34.9 Å². The van der Waals surface area contributed by atoms with Crippen molar-refractivity contribution in [3.05, 3.63) is 41.2 Å². The zero-order valence-corrected chi connectivity index (χ0v) is 16.0. The van der Waals surface area contributed by atoms with Crippen molar-refractivity contribution in [3.63, 3.8) is 0 Å². The number of carbonyl (C=O) groups is 1. The number of hydrogen-bond donors (Lipinski definition) is 1. The fourth-order valence-electron chi connectivity index (χ4n) is 3.97. The van der Waals surface area contributed by atoms with Crippen LogP contribution in [-0.2, 0) is 24.7 Å². The molecular formula is C19H25N5OS. The van der Waals surface area contributed by atoms with Gasteiger partial charge in [-0.05, 0) is 31.2 Å². The van der Waals surface area contributed by atoms with Gasteiger partial charge in [0, 0.05) is 43.7 Å². The van der Waals surface area contributed by atoms with E-state index in [-0.39, 0.29) is 17.7 Å². The number of nitrogens with zero attached hydrogens (tertiary/aromatic N) is 4. The zero-order valence-electron chi connectivity index (χ0n) is 15.1. The minimum absolute atomic E-state index is 0.0971. The first-order valence-corrected chi connectivity index (χ1v) is 10.1. The first-order valence-electron chi connectivity index (χ1n) is 9.27. The maximum Gasteiger partial charge on any atom is 0.234 e. The van der Waals surface area contributed by atoms with E-state index in [1.807, 2.05) is 24.3 Å². The quantitative estimate of drug-likeness (QED) is 0.819. The molecule has 1 amide bonds. The van der Waals surface area contributed by atoms with E-state index in [9.17, 15) is 4.79 Å². The molecule has 1 fully saturated rings. The fraction of sp³-hybridized carbons (Fsp3) is 0.526. The third-order valence-electron chi connectivity index (χ3n) is 5.33. The van der Waals surface area contributed by atoms with E-state index in [4.69, 9.17) is 4.98 Å². The molecule has 0 unspecified atom stereocenters. The number of amides is 1. The van der Waals surface area contributed by atoms with Gasteiger partial charge < -0.3 is 5.32 Å². The molecule has 1 aliphatic carbocycles. The Morgan fingerprint density at radius 2 is 2.31 bits per heavy atom. The third kappa shape index (κ3) is 3.21. The Balaban J connectivity index is 1.60. The fourth-order valence-corrected chi connectivity index (χ4v) is 5.13. The second-order valence-electron chi connectivity index (χ2n) is 7.13. The molecule has 4 rings (SSSR count). The van der Waals surface area contributed by atoms with Crippen molar-refractivity contribution < 1.29 is 4.79 Å². The molecule has 7 heteroatoms. The monoisotopic (exact) mass is 371 g/mol. The van der Waals surface area contributed by atoms with Crippen LogP contribution in [0.25, 0.3) is 0 Å². The molecule has 2 aromatic heterocycles. The van der Waals surface area contributed by atoms with Crippen molar-refractivity contribution in [2.45, 2.75) is 31.6 Å². The van der Waals surface area contributed by atoms with Gasteiger partial charge in [0.25, 0.3) is 0 Å². The predicted molar refractivity (Wildman–Crippen MR) is 104 cm³/mol. The van der Waals surface area contributed by atoms with Crippen LogP contribution in [-0.4, -0.2) is 40.3 Å². The van der Waals surface area contributed by atoms with Crippen LogP contribution in [0, 0.1) is 5.92 Å². The van der Waals surface area contributed by atoms with Gasteiger partial charge in [-0.2, -0.15) is 5.10 Å². The topological polar surface area (TPSA) is 63.1 Å². The van der Waals surface area contributed by atoms with Crippen LogP contribution in [0.3, 0.4) is 0 Å². The molecule has 2 aromatic rings. The molecule has 1 N–H and O–H groups in total. The number of anilines is 1. The van der Waals surface area contributed by atoms with Gasteiger partial charge in [0.1, 0.15) is 0 Å². The van der Waals surface area contributed by atoms with E-state index >= 15 is 0 Å². The summed E-state index contributed by atoms with van der Waals surface area (Å²) in [5, 5.41) is 8.49. The summed E-state index contributed by atoms with van der Waals surface area (Å²) in [7, 11) is 1.91. The van der Waals surface area contributed by atoms with E-state index in [1.54, 1.807) is 22.1 Å². The minimum Gasteiger partial charge on any atom is -0.315 e. The molecule has 2 atom stereocenters. The lowest BCUT2D eigenvalue weighted by Crippen LogP contribution is -2.39. The Hall–Kier alpha value is -1.99. The number of nitrogens with one attached hydrogen (secondary N) is 1. The van der Waals surface area contributed by atoms with Gasteiger partial charge in [0.15, 0.2) is 5.13 Å². The summed E-state index contributed by atoms with van der Waals surface area (Å²) in [5.74, 6) is 0.188. The number of aryl methyl sites for hydroxylation is 3. The number of hydrogen-bond acceptors (Lipinski definition) is 5. The summed E-state index contributed by atoms with van der Waals surface area (Å²) in [6, 6.07) is 0. The molecule has 1 aliphatic heterocycles. The summed E-state index contributed by atoms with van der Waals surface area (Å²) in [6.07, 6.45) is 10.2. The summed E-state index contributed by atoms with van der Waals surface area (Å²) < 4.78 is 1.80. The van der Waals surface area contributed by atoms with Gasteiger partial charge >= 0.3 is 0 Å². The molecule has 2 aliphatic rings. The largest absolute Gasteiger partial charge is 0.315 e. The van der Waals surface area contributed by atoms with Crippen molar-refractivity contribution >= 4 is 22.4 Å². The van der Waals surface area contributed by atoms with Crippen LogP contribution in [0.4, 0.5) is 5.13 Å². The van der Waals surface area contributed by atoms with Gasteiger partial charge in [0.2, 0.25) is 5.91 Å². The molecule has 6 nitrogen and oxygen atoms in total. The number of aromatic nitrogens is 3. The van der Waals surface area contributed by atoms with Crippen LogP contribution < -0.4 is 10.2 Å². The first-order chi connectivity index (χ1) is 12.7. The Morgan fingerprint density at radius 1 is 1.46 bits per heavy atom. The maximum absolute atomic E-state index is 13.4. The summed E-state index contributed by atoms with van der Waals surface area (Å²) in [6.45, 7) is 5.85. The van der Waals surface area contributed by atoms with Crippen molar-refractivity contribution in [2.75, 3.05) is 24.5 Å². The van der Waals surface area contributed by atoms with E-state index in [0.717, 1.165) is 30.1 Å². The highest BCUT2D eigenvalue weighted by Gasteiger charge is 2.38. The van der Waals surface area contributed by atoms with Crippen LogP contribution >= 0.6 is 11.3 Å². The van der Waals surface area contributed by atoms with E-state index in [0.29, 0.717) is 13.1 Å². The predicted octanol–water partition coefficient (Wildman–Crippen LogP) is 2.28. The Bertz CT molecular complexity index is 787. The first kappa shape index (κ1) is 17.4. The third-order valence-corrected chi connectivity index (χ3v) is 6.51. The Labute approximate surface area is 157 Å². The van der Waals surface area contributed by atoms with Gasteiger partial charge in [0.05, 0.1) is 17.8 Å². The SMILES string of the molecule is C=CCN(C(=O)[C@H]1CNC[C@@H]1c1cnn(C)c1)c1nc2c(s1)CCCC2. The van der Waals surface area contributed by atoms with Crippen molar-refractivity contribution in [1.82, 2.24) is 20.1 Å². The number of rotatable bonds is 5. The molecule has 0 radical (unpaired) electrons. The Kier molecular flexibility index (Phi) is 4.91. The highest BCUT2D eigenvalue weighted by Crippen LogP contribution is 2.35. The number of carbonyl (C=O) groups excluding carboxylic acids is 1. The van der Waals surface area contributed by atoms with Gasteiger partial charge in [-0.15, -0.1) is 17.9 Å². The molecule has 0 aromatic carbocycles. The standard InChI is InChI=1S/C19H25N5OS/c1-3-8-24(19-22-16-6-4-5-7-17(16)26-19)18(25)15-11-20-10-14(15)13-9-21-23(2)12-13/h3,9,12,14-15,20H,1,4-8,10-11H2,2H3/t14-,15+/m1/s1. The highest BCUT2D eigenvalue weighted by molar-refractivity contribution is 7.16. The molecule has 0 saturated carbocycles. The second kappa shape index (κ2) is 7.32. The number of fused-ring (bicyclic) bond motifs is 1. The maximum atomic E-state index is 13.4. The molecular weight excluding hydrogens is 346 g/mol. The summed E-state index contributed by atoms with van der Waals surface area (Å²) >= 11 is 1.68. The molecule has 3 heterocycles. The minimum atomic E-state index is -0.0971. The normalized spacial score (nSPS) is 22.2. The van der Waals surface area contributed by atoms with E-state index in [2.05, 4.69) is 17.0 Å². The smallest absolute Gasteiger partial charge is 0.234 e. The average Bonchev–Trinajstić information content (AvgIpc) is 3.37. The van der Waals surface area contributed by atoms with Crippen LogP contribution in [0.2, 0.25) is 0 Å². The van der Waals surface area contributed by atoms with Gasteiger partial charge in [-0.25, -0.2) is 4.98 Å². The second-order valence-corrected chi connectivity index (χ2v) is 8.19. The van der Waals surface area contributed by atoms with Gasteiger partial charge in [-0.1, -0.05) is 6.08 Å². The number of thiazole rings is 1. The molecule has 26 heavy (non-hydrogen) atoms. The molecule has 138 valence electrons. The van der Waals surface area contributed by atoms with E-state index in [1.165, 1.54) is 23.4 Å². The summed E-state index contributed by atoms with van der Waals surface area (Å²) in [5.41, 5.74) is 2.30. The average molecular weight is 372 g/mol. The zero-order chi connectivity index (χ0) is 18.1. The lowest BCUT2D eigenvalue weighted by atomic mass is 9.90. The van der Waals surface area contributed by atoms with Crippen molar-refractivity contribution in [1.29, 1.82) is 0 Å².